The lowest BCUT2D eigenvalue weighted by atomic mass is 9.84. The van der Waals surface area contributed by atoms with Gasteiger partial charge in [-0.05, 0) is 48.4 Å². The van der Waals surface area contributed by atoms with E-state index in [0.29, 0.717) is 32.6 Å². The Morgan fingerprint density at radius 3 is 2.35 bits per heavy atom. The van der Waals surface area contributed by atoms with Gasteiger partial charge in [0.2, 0.25) is 5.91 Å². The first-order valence-electron chi connectivity index (χ1n) is 11.0. The molecule has 1 spiro atoms. The number of nitrogens with one attached hydrogen (secondary N) is 2. The number of hydrogen-bond acceptors (Lipinski definition) is 3. The first-order valence-corrected chi connectivity index (χ1v) is 11.0. The third-order valence-electron chi connectivity index (χ3n) is 6.60. The zero-order valence-electron chi connectivity index (χ0n) is 18.9. The van der Waals surface area contributed by atoms with E-state index >= 15 is 0 Å². The lowest BCUT2D eigenvalue weighted by Gasteiger charge is -2.43. The van der Waals surface area contributed by atoms with Crippen molar-refractivity contribution in [2.45, 2.75) is 51.5 Å². The first-order chi connectivity index (χ1) is 14.7. The lowest BCUT2D eigenvalue weighted by molar-refractivity contribution is -0.124. The van der Waals surface area contributed by atoms with Crippen molar-refractivity contribution in [1.29, 1.82) is 0 Å². The molecule has 164 valence electrons. The summed E-state index contributed by atoms with van der Waals surface area (Å²) >= 11 is 0. The van der Waals surface area contributed by atoms with E-state index in [1.54, 1.807) is 0 Å². The van der Waals surface area contributed by atoms with Crippen molar-refractivity contribution in [2.75, 3.05) is 30.0 Å². The second-order valence-electron chi connectivity index (χ2n) is 9.62. The van der Waals surface area contributed by atoms with Crippen LogP contribution in [0.15, 0.2) is 48.5 Å². The highest BCUT2D eigenvalue weighted by atomic mass is 16.2. The predicted octanol–water partition coefficient (Wildman–Crippen LogP) is 4.25. The average Bonchev–Trinajstić information content (AvgIpc) is 3.05. The summed E-state index contributed by atoms with van der Waals surface area (Å²) in [6.07, 6.45) is 1.22. The van der Waals surface area contributed by atoms with Gasteiger partial charge in [0.25, 0.3) is 0 Å². The summed E-state index contributed by atoms with van der Waals surface area (Å²) < 4.78 is 0. The predicted molar refractivity (Wildman–Crippen MR) is 124 cm³/mol. The summed E-state index contributed by atoms with van der Waals surface area (Å²) in [4.78, 5) is 30.0. The minimum atomic E-state index is -0.586. The standard InChI is InChI=1S/C25H32N4O2/c1-18-9-8-12-20(24(2,3)4)21(18)27-23(31)28-15-13-25(14-16-28)22(30)26-17-29(25)19-10-6-5-7-11-19/h5-12H,13-17H2,1-4H3,(H,26,30)(H,27,31). The topological polar surface area (TPSA) is 64.7 Å². The number of carbonyl (C=O) groups excluding carboxylic acids is 2. The number of aryl methyl sites for hydroxylation is 1. The smallest absolute Gasteiger partial charge is 0.321 e. The summed E-state index contributed by atoms with van der Waals surface area (Å²) in [5, 5.41) is 6.17. The van der Waals surface area contributed by atoms with Crippen LogP contribution in [0.2, 0.25) is 0 Å². The third-order valence-corrected chi connectivity index (χ3v) is 6.60. The van der Waals surface area contributed by atoms with E-state index in [0.717, 1.165) is 22.5 Å². The van der Waals surface area contributed by atoms with Gasteiger partial charge in [0.05, 0.1) is 6.67 Å². The van der Waals surface area contributed by atoms with Crippen LogP contribution in [0.5, 0.6) is 0 Å². The largest absolute Gasteiger partial charge is 0.339 e. The second kappa shape index (κ2) is 7.91. The number of benzene rings is 2. The molecule has 4 rings (SSSR count). The quantitative estimate of drug-likeness (QED) is 0.763. The number of carbonyl (C=O) groups is 2. The average molecular weight is 421 g/mol. The number of hydrogen-bond donors (Lipinski definition) is 2. The van der Waals surface area contributed by atoms with E-state index in [1.807, 2.05) is 54.3 Å². The van der Waals surface area contributed by atoms with E-state index in [1.165, 1.54) is 0 Å². The van der Waals surface area contributed by atoms with Crippen LogP contribution in [0.1, 0.15) is 44.7 Å². The Balaban J connectivity index is 1.49. The molecule has 31 heavy (non-hydrogen) atoms. The number of urea groups is 1. The van der Waals surface area contributed by atoms with Crippen LogP contribution in [-0.4, -0.2) is 42.1 Å². The van der Waals surface area contributed by atoms with E-state index < -0.39 is 5.54 Å². The Morgan fingerprint density at radius 1 is 1.03 bits per heavy atom. The molecule has 2 saturated heterocycles. The molecule has 0 aliphatic carbocycles. The van der Waals surface area contributed by atoms with Gasteiger partial charge in [0.1, 0.15) is 5.54 Å². The Morgan fingerprint density at radius 2 is 1.71 bits per heavy atom. The molecule has 6 nitrogen and oxygen atoms in total. The van der Waals surface area contributed by atoms with Crippen LogP contribution in [0.4, 0.5) is 16.2 Å². The maximum atomic E-state index is 13.1. The normalized spacial score (nSPS) is 18.3. The van der Waals surface area contributed by atoms with Crippen LogP contribution in [0.3, 0.4) is 0 Å². The number of nitrogens with zero attached hydrogens (tertiary/aromatic N) is 2. The Bertz CT molecular complexity index is 973. The van der Waals surface area contributed by atoms with E-state index in [2.05, 4.69) is 42.4 Å². The number of anilines is 2. The van der Waals surface area contributed by atoms with Crippen LogP contribution < -0.4 is 15.5 Å². The van der Waals surface area contributed by atoms with Crippen molar-refractivity contribution in [3.63, 3.8) is 0 Å². The molecule has 6 heteroatoms. The van der Waals surface area contributed by atoms with Gasteiger partial charge in [-0.3, -0.25) is 4.79 Å². The van der Waals surface area contributed by atoms with Gasteiger partial charge in [0, 0.05) is 24.5 Å². The molecule has 2 heterocycles. The summed E-state index contributed by atoms with van der Waals surface area (Å²) in [6.45, 7) is 10.1. The summed E-state index contributed by atoms with van der Waals surface area (Å²) in [5.41, 5.74) is 3.45. The SMILES string of the molecule is Cc1cccc(C(C)(C)C)c1NC(=O)N1CCC2(CC1)C(=O)NCN2c1ccccc1. The highest BCUT2D eigenvalue weighted by molar-refractivity contribution is 5.95. The van der Waals surface area contributed by atoms with Crippen molar-refractivity contribution < 1.29 is 9.59 Å². The zero-order valence-corrected chi connectivity index (χ0v) is 18.9. The molecular weight excluding hydrogens is 388 g/mol. The van der Waals surface area contributed by atoms with Gasteiger partial charge in [-0.25, -0.2) is 4.79 Å². The third kappa shape index (κ3) is 3.87. The minimum Gasteiger partial charge on any atom is -0.339 e. The van der Waals surface area contributed by atoms with Gasteiger partial charge < -0.3 is 20.4 Å². The minimum absolute atomic E-state index is 0.0605. The van der Waals surface area contributed by atoms with Crippen LogP contribution in [-0.2, 0) is 10.2 Å². The lowest BCUT2D eigenvalue weighted by Crippen LogP contribution is -2.57. The maximum absolute atomic E-state index is 13.1. The summed E-state index contributed by atoms with van der Waals surface area (Å²) in [6, 6.07) is 16.1. The number of rotatable bonds is 2. The summed E-state index contributed by atoms with van der Waals surface area (Å²) in [7, 11) is 0. The van der Waals surface area contributed by atoms with Crippen LogP contribution >= 0.6 is 0 Å². The molecule has 0 saturated carbocycles. The van der Waals surface area contributed by atoms with E-state index in [4.69, 9.17) is 0 Å². The van der Waals surface area contributed by atoms with Crippen LogP contribution in [0, 0.1) is 6.92 Å². The Kier molecular flexibility index (Phi) is 5.42. The van der Waals surface area contributed by atoms with Gasteiger partial charge in [0.15, 0.2) is 0 Å². The highest BCUT2D eigenvalue weighted by Gasteiger charge is 2.50. The Hall–Kier alpha value is -3.02. The zero-order chi connectivity index (χ0) is 22.2. The van der Waals surface area contributed by atoms with E-state index in [9.17, 15) is 9.59 Å². The molecular formula is C25H32N4O2. The fourth-order valence-corrected chi connectivity index (χ4v) is 4.76. The molecule has 3 amide bonds. The molecule has 2 aromatic rings. The van der Waals surface area contributed by atoms with Crippen molar-refractivity contribution in [2.24, 2.45) is 0 Å². The molecule has 0 atom stereocenters. The first kappa shape index (κ1) is 21.2. The molecule has 2 aliphatic heterocycles. The van der Waals surface area contributed by atoms with E-state index in [-0.39, 0.29) is 17.4 Å². The van der Waals surface area contributed by atoms with Crippen molar-refractivity contribution in [1.82, 2.24) is 10.2 Å². The maximum Gasteiger partial charge on any atom is 0.321 e. The number of piperidine rings is 1. The molecule has 0 bridgehead atoms. The molecule has 2 fully saturated rings. The molecule has 2 N–H and O–H groups in total. The fourth-order valence-electron chi connectivity index (χ4n) is 4.76. The highest BCUT2D eigenvalue weighted by Crippen LogP contribution is 2.37. The number of likely N-dealkylation sites (tertiary alicyclic amines) is 1. The van der Waals surface area contributed by atoms with Crippen LogP contribution in [0.25, 0.3) is 0 Å². The van der Waals surface area contributed by atoms with Gasteiger partial charge in [-0.2, -0.15) is 0 Å². The number of amides is 3. The van der Waals surface area contributed by atoms with Crippen molar-refractivity contribution in [3.05, 3.63) is 59.7 Å². The Labute approximate surface area is 184 Å². The molecule has 0 aromatic heterocycles. The van der Waals surface area contributed by atoms with Gasteiger partial charge >= 0.3 is 6.03 Å². The van der Waals surface area contributed by atoms with Crippen molar-refractivity contribution in [3.8, 4) is 0 Å². The molecule has 0 unspecified atom stereocenters. The second-order valence-corrected chi connectivity index (χ2v) is 9.62. The molecule has 2 aliphatic rings. The van der Waals surface area contributed by atoms with Crippen molar-refractivity contribution >= 4 is 23.3 Å². The monoisotopic (exact) mass is 420 g/mol. The van der Waals surface area contributed by atoms with Gasteiger partial charge in [-0.1, -0.05) is 57.2 Å². The fraction of sp³-hybridized carbons (Fsp3) is 0.440. The summed E-state index contributed by atoms with van der Waals surface area (Å²) in [5.74, 6) is 0.0605. The van der Waals surface area contributed by atoms with Gasteiger partial charge in [-0.15, -0.1) is 0 Å². The molecule has 2 aromatic carbocycles. The number of para-hydroxylation sites is 2. The molecule has 0 radical (unpaired) electrons.